The molecular formula is C17H19NO2. The lowest BCUT2D eigenvalue weighted by atomic mass is 9.86. The summed E-state index contributed by atoms with van der Waals surface area (Å²) in [6.45, 7) is 2.91. The first-order chi connectivity index (χ1) is 9.75. The van der Waals surface area contributed by atoms with E-state index in [4.69, 9.17) is 4.42 Å². The maximum Gasteiger partial charge on any atom is 0.289 e. The molecule has 1 aliphatic heterocycles. The van der Waals surface area contributed by atoms with Crippen LogP contribution < -0.4 is 0 Å². The summed E-state index contributed by atoms with van der Waals surface area (Å²) in [4.78, 5) is 14.3. The second-order valence-electron chi connectivity index (χ2n) is 5.46. The van der Waals surface area contributed by atoms with Gasteiger partial charge >= 0.3 is 0 Å². The number of rotatable bonds is 2. The Hall–Kier alpha value is -2.03. The zero-order valence-electron chi connectivity index (χ0n) is 11.7. The lowest BCUT2D eigenvalue weighted by Gasteiger charge is -2.37. The smallest absolute Gasteiger partial charge is 0.289 e. The highest BCUT2D eigenvalue weighted by molar-refractivity contribution is 5.91. The molecule has 3 nitrogen and oxygen atoms in total. The molecular weight excluding hydrogens is 250 g/mol. The molecule has 2 aromatic rings. The Balaban J connectivity index is 1.70. The van der Waals surface area contributed by atoms with Crippen molar-refractivity contribution in [3.05, 3.63) is 60.1 Å². The van der Waals surface area contributed by atoms with Gasteiger partial charge in [0.05, 0.1) is 6.26 Å². The van der Waals surface area contributed by atoms with Gasteiger partial charge in [-0.2, -0.15) is 0 Å². The standard InChI is InChI=1S/C17H19NO2/c1-13-12-15(14-6-3-2-4-7-14)9-10-18(13)17(19)16-8-5-11-20-16/h2-8,11,13,15H,9-10,12H2,1H3/t13-,15+/m0/s1. The number of furan rings is 1. The van der Waals surface area contributed by atoms with Crippen LogP contribution in [-0.2, 0) is 0 Å². The van der Waals surface area contributed by atoms with Crippen molar-refractivity contribution in [1.82, 2.24) is 4.90 Å². The van der Waals surface area contributed by atoms with E-state index in [2.05, 4.69) is 31.2 Å². The first-order valence-electron chi connectivity index (χ1n) is 7.15. The molecule has 2 heterocycles. The Labute approximate surface area is 119 Å². The molecule has 0 unspecified atom stereocenters. The molecule has 1 aromatic carbocycles. The Morgan fingerprint density at radius 1 is 1.20 bits per heavy atom. The van der Waals surface area contributed by atoms with E-state index in [1.54, 1.807) is 18.4 Å². The van der Waals surface area contributed by atoms with Crippen LogP contribution in [0.5, 0.6) is 0 Å². The predicted molar refractivity (Wildman–Crippen MR) is 77.6 cm³/mol. The number of nitrogens with zero attached hydrogens (tertiary/aromatic N) is 1. The van der Waals surface area contributed by atoms with Crippen molar-refractivity contribution in [3.63, 3.8) is 0 Å². The minimum Gasteiger partial charge on any atom is -0.459 e. The molecule has 1 amide bonds. The lowest BCUT2D eigenvalue weighted by Crippen LogP contribution is -2.44. The summed E-state index contributed by atoms with van der Waals surface area (Å²) >= 11 is 0. The summed E-state index contributed by atoms with van der Waals surface area (Å²) in [5.41, 5.74) is 1.38. The monoisotopic (exact) mass is 269 g/mol. The predicted octanol–water partition coefficient (Wildman–Crippen LogP) is 3.69. The second kappa shape index (κ2) is 5.53. The summed E-state index contributed by atoms with van der Waals surface area (Å²) in [7, 11) is 0. The van der Waals surface area contributed by atoms with Crippen molar-refractivity contribution in [2.45, 2.75) is 31.7 Å². The number of piperidine rings is 1. The third kappa shape index (κ3) is 2.48. The average molecular weight is 269 g/mol. The highest BCUT2D eigenvalue weighted by Gasteiger charge is 2.30. The van der Waals surface area contributed by atoms with E-state index >= 15 is 0 Å². The molecule has 1 saturated heterocycles. The van der Waals surface area contributed by atoms with Gasteiger partial charge in [0.15, 0.2) is 5.76 Å². The van der Waals surface area contributed by atoms with Gasteiger partial charge in [-0.1, -0.05) is 30.3 Å². The van der Waals surface area contributed by atoms with Crippen LogP contribution in [0.15, 0.2) is 53.1 Å². The number of benzene rings is 1. The van der Waals surface area contributed by atoms with Crippen molar-refractivity contribution in [3.8, 4) is 0 Å². The van der Waals surface area contributed by atoms with Crippen molar-refractivity contribution >= 4 is 5.91 Å². The van der Waals surface area contributed by atoms with Gasteiger partial charge in [0.2, 0.25) is 0 Å². The maximum absolute atomic E-state index is 12.3. The quantitative estimate of drug-likeness (QED) is 0.833. The Bertz CT molecular complexity index is 562. The fourth-order valence-corrected chi connectivity index (χ4v) is 3.04. The van der Waals surface area contributed by atoms with Crippen molar-refractivity contribution in [2.75, 3.05) is 6.54 Å². The van der Waals surface area contributed by atoms with E-state index < -0.39 is 0 Å². The number of hydrogen-bond acceptors (Lipinski definition) is 2. The molecule has 0 radical (unpaired) electrons. The van der Waals surface area contributed by atoms with Crippen LogP contribution in [0.2, 0.25) is 0 Å². The van der Waals surface area contributed by atoms with Crippen molar-refractivity contribution in [2.24, 2.45) is 0 Å². The van der Waals surface area contributed by atoms with Gasteiger partial charge < -0.3 is 9.32 Å². The molecule has 20 heavy (non-hydrogen) atoms. The summed E-state index contributed by atoms with van der Waals surface area (Å²) in [5.74, 6) is 0.996. The average Bonchev–Trinajstić information content (AvgIpc) is 3.01. The molecule has 1 aromatic heterocycles. The van der Waals surface area contributed by atoms with Crippen LogP contribution in [0.4, 0.5) is 0 Å². The molecule has 0 spiro atoms. The maximum atomic E-state index is 12.3. The highest BCUT2D eigenvalue weighted by atomic mass is 16.3. The SMILES string of the molecule is C[C@H]1C[C@H](c2ccccc2)CCN1C(=O)c1ccco1. The van der Waals surface area contributed by atoms with Crippen LogP contribution in [0, 0.1) is 0 Å². The summed E-state index contributed by atoms with van der Waals surface area (Å²) in [6.07, 6.45) is 3.58. The summed E-state index contributed by atoms with van der Waals surface area (Å²) in [5, 5.41) is 0. The summed E-state index contributed by atoms with van der Waals surface area (Å²) < 4.78 is 5.22. The third-order valence-electron chi connectivity index (χ3n) is 4.14. The van der Waals surface area contributed by atoms with E-state index in [-0.39, 0.29) is 11.9 Å². The molecule has 2 atom stereocenters. The highest BCUT2D eigenvalue weighted by Crippen LogP contribution is 2.32. The van der Waals surface area contributed by atoms with Crippen LogP contribution in [0.3, 0.4) is 0 Å². The lowest BCUT2D eigenvalue weighted by molar-refractivity contribution is 0.0583. The van der Waals surface area contributed by atoms with Gasteiger partial charge in [-0.25, -0.2) is 0 Å². The first-order valence-corrected chi connectivity index (χ1v) is 7.15. The molecule has 3 heteroatoms. The number of amides is 1. The normalized spacial score (nSPS) is 22.8. The van der Waals surface area contributed by atoms with Crippen molar-refractivity contribution < 1.29 is 9.21 Å². The Kier molecular flexibility index (Phi) is 3.59. The zero-order valence-corrected chi connectivity index (χ0v) is 11.7. The Morgan fingerprint density at radius 3 is 2.65 bits per heavy atom. The van der Waals surface area contributed by atoms with Gasteiger partial charge in [-0.15, -0.1) is 0 Å². The molecule has 3 rings (SSSR count). The van der Waals surface area contributed by atoms with Crippen LogP contribution >= 0.6 is 0 Å². The van der Waals surface area contributed by atoms with E-state index in [9.17, 15) is 4.79 Å². The molecule has 0 saturated carbocycles. The van der Waals surface area contributed by atoms with E-state index in [0.29, 0.717) is 11.7 Å². The Morgan fingerprint density at radius 2 is 2.00 bits per heavy atom. The molecule has 0 N–H and O–H groups in total. The van der Waals surface area contributed by atoms with Crippen LogP contribution in [-0.4, -0.2) is 23.4 Å². The van der Waals surface area contributed by atoms with Gasteiger partial charge in [0, 0.05) is 12.6 Å². The second-order valence-corrected chi connectivity index (χ2v) is 5.46. The molecule has 1 aliphatic rings. The number of likely N-dealkylation sites (tertiary alicyclic amines) is 1. The largest absolute Gasteiger partial charge is 0.459 e. The zero-order chi connectivity index (χ0) is 13.9. The minimum atomic E-state index is 0.00834. The van der Waals surface area contributed by atoms with Gasteiger partial charge in [0.25, 0.3) is 5.91 Å². The number of carbonyl (C=O) groups is 1. The fourth-order valence-electron chi connectivity index (χ4n) is 3.04. The first kappa shape index (κ1) is 13.0. The minimum absolute atomic E-state index is 0.00834. The van der Waals surface area contributed by atoms with Gasteiger partial charge in [-0.05, 0) is 43.4 Å². The number of carbonyl (C=O) groups excluding carboxylic acids is 1. The fraction of sp³-hybridized carbons (Fsp3) is 0.353. The van der Waals surface area contributed by atoms with E-state index in [1.807, 2.05) is 11.0 Å². The van der Waals surface area contributed by atoms with Crippen molar-refractivity contribution in [1.29, 1.82) is 0 Å². The van der Waals surface area contributed by atoms with Crippen LogP contribution in [0.25, 0.3) is 0 Å². The molecule has 0 bridgehead atoms. The molecule has 0 aliphatic carbocycles. The molecule has 1 fully saturated rings. The number of hydrogen-bond donors (Lipinski definition) is 0. The topological polar surface area (TPSA) is 33.5 Å². The van der Waals surface area contributed by atoms with Gasteiger partial charge in [0.1, 0.15) is 0 Å². The third-order valence-corrected chi connectivity index (χ3v) is 4.14. The van der Waals surface area contributed by atoms with Crippen LogP contribution in [0.1, 0.15) is 41.8 Å². The molecule has 104 valence electrons. The van der Waals surface area contributed by atoms with E-state index in [1.165, 1.54) is 5.56 Å². The van der Waals surface area contributed by atoms with Gasteiger partial charge in [-0.3, -0.25) is 4.79 Å². The summed E-state index contributed by atoms with van der Waals surface area (Å²) in [6, 6.07) is 14.3. The van der Waals surface area contributed by atoms with E-state index in [0.717, 1.165) is 19.4 Å².